The number of aromatic nitrogens is 2. The van der Waals surface area contributed by atoms with Gasteiger partial charge in [-0.3, -0.25) is 19.7 Å². The molecular weight excluding hydrogens is 942 g/mol. The van der Waals surface area contributed by atoms with E-state index in [2.05, 4.69) is 92.2 Å². The van der Waals surface area contributed by atoms with Crippen LogP contribution in [-0.2, 0) is 25.9 Å². The van der Waals surface area contributed by atoms with Crippen LogP contribution in [0.1, 0.15) is 155 Å². The van der Waals surface area contributed by atoms with Crippen molar-refractivity contribution in [3.8, 4) is 5.75 Å². The summed E-state index contributed by atoms with van der Waals surface area (Å²) in [7, 11) is 0. The lowest BCUT2D eigenvalue weighted by Gasteiger charge is -2.16. The molecule has 9 nitrogen and oxygen atoms in total. The molecular formula is C61H65ClF2N4O5. The van der Waals surface area contributed by atoms with Crippen LogP contribution in [0.15, 0.2) is 139 Å². The van der Waals surface area contributed by atoms with Crippen LogP contribution >= 0.6 is 11.6 Å². The first-order valence-corrected chi connectivity index (χ1v) is 25.3. The topological polar surface area (TPSA) is 109 Å². The van der Waals surface area contributed by atoms with Crippen molar-refractivity contribution in [2.75, 3.05) is 0 Å². The molecule has 0 aliphatic rings. The first kappa shape index (κ1) is 55.1. The van der Waals surface area contributed by atoms with Crippen LogP contribution in [0.5, 0.6) is 5.75 Å². The van der Waals surface area contributed by atoms with Gasteiger partial charge in [0.2, 0.25) is 0 Å². The van der Waals surface area contributed by atoms with Crippen molar-refractivity contribution < 1.29 is 28.1 Å². The van der Waals surface area contributed by atoms with Crippen molar-refractivity contribution in [2.24, 2.45) is 5.16 Å². The van der Waals surface area contributed by atoms with Gasteiger partial charge in [0.15, 0.2) is 29.0 Å². The smallest absolute Gasteiger partial charge is 0.269 e. The van der Waals surface area contributed by atoms with Crippen LogP contribution < -0.4 is 4.84 Å². The lowest BCUT2D eigenvalue weighted by atomic mass is 9.98. The first-order chi connectivity index (χ1) is 35.0. The number of nitro groups is 1. The third-order valence-corrected chi connectivity index (χ3v) is 12.8. The molecule has 12 heteroatoms. The van der Waals surface area contributed by atoms with Crippen molar-refractivity contribution in [3.63, 3.8) is 0 Å². The van der Waals surface area contributed by atoms with E-state index in [0.717, 1.165) is 70.4 Å². The third-order valence-electron chi connectivity index (χ3n) is 12.5. The zero-order valence-electron chi connectivity index (χ0n) is 42.8. The predicted octanol–water partition coefficient (Wildman–Crippen LogP) is 16.0. The number of halogens is 3. The van der Waals surface area contributed by atoms with Gasteiger partial charge >= 0.3 is 0 Å². The van der Waals surface area contributed by atoms with Crippen molar-refractivity contribution in [2.45, 2.75) is 118 Å². The van der Waals surface area contributed by atoms with E-state index in [-0.39, 0.29) is 41.9 Å². The van der Waals surface area contributed by atoms with Crippen LogP contribution in [0.25, 0.3) is 6.08 Å². The summed E-state index contributed by atoms with van der Waals surface area (Å²) in [6.45, 7) is 15.8. The van der Waals surface area contributed by atoms with E-state index in [0.29, 0.717) is 47.8 Å². The Balaban J connectivity index is 0.000000241. The number of carbonyl (C=O) groups is 2. The molecule has 73 heavy (non-hydrogen) atoms. The molecule has 2 aromatic heterocycles. The number of nitro benzene ring substituents is 1. The number of allylic oxidation sites excluding steroid dienone is 1. The second-order valence-electron chi connectivity index (χ2n) is 19.0. The second-order valence-corrected chi connectivity index (χ2v) is 19.5. The molecule has 0 bridgehead atoms. The van der Waals surface area contributed by atoms with Crippen molar-refractivity contribution in [3.05, 3.63) is 228 Å². The number of non-ortho nitro benzene ring substituents is 1. The summed E-state index contributed by atoms with van der Waals surface area (Å²) in [6, 6.07) is 37.8. The number of oxime groups is 1. The van der Waals surface area contributed by atoms with E-state index >= 15 is 0 Å². The molecule has 0 aliphatic heterocycles. The summed E-state index contributed by atoms with van der Waals surface area (Å²) in [5, 5.41) is 16.0. The van der Waals surface area contributed by atoms with Gasteiger partial charge in [-0.1, -0.05) is 148 Å². The molecule has 0 N–H and O–H groups in total. The summed E-state index contributed by atoms with van der Waals surface area (Å²) < 4.78 is 31.2. The molecule has 0 fully saturated rings. The zero-order valence-corrected chi connectivity index (χ0v) is 43.6. The number of unbranched alkanes of at least 4 members (excludes halogenated alkanes) is 2. The average molecular weight is 1010 g/mol. The fraction of sp³-hybridized carbons (Fsp3) is 0.295. The van der Waals surface area contributed by atoms with Crippen LogP contribution in [0, 0.1) is 35.6 Å². The van der Waals surface area contributed by atoms with Crippen molar-refractivity contribution >= 4 is 41.1 Å². The molecule has 2 heterocycles. The lowest BCUT2D eigenvalue weighted by molar-refractivity contribution is -0.384. The maximum atomic E-state index is 13.6. The highest BCUT2D eigenvalue weighted by molar-refractivity contribution is 6.30. The van der Waals surface area contributed by atoms with Crippen molar-refractivity contribution in [1.82, 2.24) is 9.13 Å². The van der Waals surface area contributed by atoms with Crippen LogP contribution in [0.4, 0.5) is 14.5 Å². The highest BCUT2D eigenvalue weighted by atomic mass is 35.5. The van der Waals surface area contributed by atoms with Gasteiger partial charge < -0.3 is 14.0 Å². The van der Waals surface area contributed by atoms with E-state index in [1.807, 2.05) is 67.6 Å². The Bertz CT molecular complexity index is 3040. The molecule has 5 aromatic carbocycles. The number of aryl methyl sites for hydroxylation is 4. The quantitative estimate of drug-likeness (QED) is 0.0221. The summed E-state index contributed by atoms with van der Waals surface area (Å²) in [4.78, 5) is 43.1. The van der Waals surface area contributed by atoms with E-state index < -0.39 is 16.6 Å². The van der Waals surface area contributed by atoms with Gasteiger partial charge in [-0.05, 0) is 122 Å². The summed E-state index contributed by atoms with van der Waals surface area (Å²) in [6.07, 6.45) is 10.5. The SMILES string of the molecule is CCCC/C=C/c1cc(C(=O)CCc2ccc(F)c(F)c2)c(C(C)C)n1Cc1ccc(C)cc1.Cc1ccc(O/N=C\c2cc(C(=O)CCc3cccc([N+](=O)[O-])c3)c(C(C)C)n2Cc2ccc(Cl)cc2)cc1. The molecule has 0 saturated heterocycles. The van der Waals surface area contributed by atoms with Gasteiger partial charge in [-0.25, -0.2) is 8.78 Å². The molecule has 7 rings (SSSR count). The van der Waals surface area contributed by atoms with Gasteiger partial charge in [0, 0.05) is 71.3 Å². The summed E-state index contributed by atoms with van der Waals surface area (Å²) in [5.74, 6) is -0.931. The van der Waals surface area contributed by atoms with E-state index in [1.54, 1.807) is 24.4 Å². The minimum atomic E-state index is -0.878. The number of nitrogens with zero attached hydrogens (tertiary/aromatic N) is 4. The van der Waals surface area contributed by atoms with E-state index in [1.165, 1.54) is 29.3 Å². The van der Waals surface area contributed by atoms with E-state index in [4.69, 9.17) is 16.4 Å². The average Bonchev–Trinajstić information content (AvgIpc) is 3.92. The Morgan fingerprint density at radius 3 is 1.75 bits per heavy atom. The molecule has 0 spiro atoms. The molecule has 0 amide bonds. The maximum absolute atomic E-state index is 13.6. The molecule has 380 valence electrons. The van der Waals surface area contributed by atoms with Gasteiger partial charge in [0.1, 0.15) is 0 Å². The number of ketones is 2. The number of rotatable bonds is 22. The minimum absolute atomic E-state index is 0.0176. The van der Waals surface area contributed by atoms with Gasteiger partial charge in [0.05, 0.1) is 16.8 Å². The predicted molar refractivity (Wildman–Crippen MR) is 291 cm³/mol. The largest absolute Gasteiger partial charge is 0.357 e. The molecule has 0 atom stereocenters. The standard InChI is InChI=1S/C31H30ClN3O4.C30H35F2NO/c1-21(2)31-29(30(36)16-11-23-5-4-6-26(17-23)35(37)38)18-27(19-33-39-28-14-7-22(3)8-15-28)34(31)20-24-9-12-25(32)13-10-24;1-5-6-7-8-9-25-19-26(29(34)17-15-23-14-16-27(31)28(32)18-23)30(21(2)3)33(25)20-24-12-10-22(4)11-13-24/h4-10,12-15,17-19,21H,11,16,20H2,1-3H3;8-14,16,18-19,21H,5-7,15,17,20H2,1-4H3/b33-19-;9-8+. The second kappa shape index (κ2) is 26.5. The number of hydrogen-bond acceptors (Lipinski definition) is 6. The highest BCUT2D eigenvalue weighted by Crippen LogP contribution is 2.30. The van der Waals surface area contributed by atoms with Gasteiger partial charge in [-0.2, -0.15) is 0 Å². The first-order valence-electron chi connectivity index (χ1n) is 24.9. The Morgan fingerprint density at radius 2 is 1.21 bits per heavy atom. The molecule has 0 saturated carbocycles. The number of benzene rings is 5. The maximum Gasteiger partial charge on any atom is 0.269 e. The monoisotopic (exact) mass is 1010 g/mol. The van der Waals surface area contributed by atoms with Crippen LogP contribution in [0.2, 0.25) is 5.02 Å². The minimum Gasteiger partial charge on any atom is -0.357 e. The fourth-order valence-corrected chi connectivity index (χ4v) is 8.81. The Hall–Kier alpha value is -7.24. The van der Waals surface area contributed by atoms with E-state index in [9.17, 15) is 28.5 Å². The normalized spacial score (nSPS) is 11.5. The molecule has 0 aliphatic carbocycles. The van der Waals surface area contributed by atoms with Crippen LogP contribution in [-0.4, -0.2) is 31.8 Å². The third kappa shape index (κ3) is 15.6. The fourth-order valence-electron chi connectivity index (χ4n) is 8.68. The Morgan fingerprint density at radius 1 is 0.685 bits per heavy atom. The molecule has 0 unspecified atom stereocenters. The molecule has 7 aromatic rings. The zero-order chi connectivity index (χ0) is 52.6. The summed E-state index contributed by atoms with van der Waals surface area (Å²) in [5.41, 5.74) is 11.0. The highest BCUT2D eigenvalue weighted by Gasteiger charge is 2.24. The summed E-state index contributed by atoms with van der Waals surface area (Å²) >= 11 is 6.10. The lowest BCUT2D eigenvalue weighted by Crippen LogP contribution is -2.12. The van der Waals surface area contributed by atoms with Crippen molar-refractivity contribution in [1.29, 1.82) is 0 Å². The number of Topliss-reactive ketones (excluding diaryl/α,β-unsaturated/α-hetero) is 2. The number of hydrogen-bond donors (Lipinski definition) is 0. The number of carbonyl (C=O) groups excluding carboxylic acids is 2. The Kier molecular flexibility index (Phi) is 20.0. The van der Waals surface area contributed by atoms with Crippen LogP contribution in [0.3, 0.4) is 0 Å². The molecule has 0 radical (unpaired) electrons. The van der Waals surface area contributed by atoms with Gasteiger partial charge in [-0.15, -0.1) is 0 Å². The Labute approximate surface area is 433 Å². The van der Waals surface area contributed by atoms with Gasteiger partial charge in [0.25, 0.3) is 5.69 Å².